The minimum absolute atomic E-state index is 0. The van der Waals surface area contributed by atoms with E-state index in [-0.39, 0.29) is 24.2 Å². The molecule has 1 rings (SSSR count). The first kappa shape index (κ1) is 14.5. The third-order valence-corrected chi connectivity index (χ3v) is 2.63. The molecule has 0 aliphatic rings. The highest BCUT2D eigenvalue weighted by Crippen LogP contribution is 2.32. The second kappa shape index (κ2) is 6.16. The zero-order chi connectivity index (χ0) is 10.7. The highest BCUT2D eigenvalue weighted by Gasteiger charge is 2.12. The van der Waals surface area contributed by atoms with E-state index >= 15 is 0 Å². The van der Waals surface area contributed by atoms with Gasteiger partial charge in [-0.1, -0.05) is 17.7 Å². The van der Waals surface area contributed by atoms with Crippen molar-refractivity contribution in [2.45, 2.75) is 19.4 Å². The third-order valence-electron chi connectivity index (χ3n) is 1.99. The van der Waals surface area contributed by atoms with E-state index in [2.05, 4.69) is 22.5 Å². The second-order valence-corrected chi connectivity index (χ2v) is 4.30. The van der Waals surface area contributed by atoms with E-state index in [0.717, 1.165) is 11.1 Å². The van der Waals surface area contributed by atoms with E-state index in [0.29, 0.717) is 10.9 Å². The molecular formula is C11H15BrClNO. The Morgan fingerprint density at radius 3 is 2.73 bits per heavy atom. The standard InChI is InChI=1S/C11H14BrNO.ClH/c1-7(2)6-10(13)8-4-3-5-9(12)11(8)14;/h3-5,10,14H,1,6,13H2,2H3;1H/t10-;/m1./s1. The number of hydrogen-bond acceptors (Lipinski definition) is 2. The van der Waals surface area contributed by atoms with Gasteiger partial charge in [0.25, 0.3) is 0 Å². The molecule has 84 valence electrons. The molecule has 0 aliphatic heterocycles. The molecule has 1 aromatic carbocycles. The summed E-state index contributed by atoms with van der Waals surface area (Å²) >= 11 is 3.25. The van der Waals surface area contributed by atoms with Crippen LogP contribution in [0.15, 0.2) is 34.8 Å². The molecule has 1 atom stereocenters. The molecular weight excluding hydrogens is 277 g/mol. The summed E-state index contributed by atoms with van der Waals surface area (Å²) in [7, 11) is 0. The molecule has 1 aromatic rings. The molecule has 0 radical (unpaired) electrons. The molecule has 0 fully saturated rings. The van der Waals surface area contributed by atoms with Crippen LogP contribution in [0.1, 0.15) is 24.9 Å². The molecule has 3 N–H and O–H groups in total. The van der Waals surface area contributed by atoms with Gasteiger partial charge in [0.15, 0.2) is 0 Å². The van der Waals surface area contributed by atoms with Gasteiger partial charge in [0.2, 0.25) is 0 Å². The summed E-state index contributed by atoms with van der Waals surface area (Å²) in [4.78, 5) is 0. The van der Waals surface area contributed by atoms with E-state index in [9.17, 15) is 5.11 Å². The summed E-state index contributed by atoms with van der Waals surface area (Å²) in [5, 5.41) is 9.72. The molecule has 0 saturated heterocycles. The summed E-state index contributed by atoms with van der Waals surface area (Å²) < 4.78 is 0.673. The quantitative estimate of drug-likeness (QED) is 0.837. The molecule has 0 unspecified atom stereocenters. The number of phenolic OH excluding ortho intramolecular Hbond substituents is 1. The van der Waals surface area contributed by atoms with Crippen LogP contribution in [0.25, 0.3) is 0 Å². The summed E-state index contributed by atoms with van der Waals surface area (Å²) in [5.41, 5.74) is 7.69. The average Bonchev–Trinajstić information content (AvgIpc) is 2.08. The Bertz CT molecular complexity index is 354. The fraction of sp³-hybridized carbons (Fsp3) is 0.273. The lowest BCUT2D eigenvalue weighted by atomic mass is 10.0. The monoisotopic (exact) mass is 291 g/mol. The van der Waals surface area contributed by atoms with Crippen molar-refractivity contribution in [2.75, 3.05) is 0 Å². The number of hydrogen-bond donors (Lipinski definition) is 2. The molecule has 15 heavy (non-hydrogen) atoms. The van der Waals surface area contributed by atoms with Crippen molar-refractivity contribution < 1.29 is 5.11 Å². The predicted octanol–water partition coefficient (Wildman–Crippen LogP) is 3.54. The first-order chi connectivity index (χ1) is 6.52. The zero-order valence-corrected chi connectivity index (χ0v) is 10.9. The van der Waals surface area contributed by atoms with Crippen molar-refractivity contribution >= 4 is 28.3 Å². The van der Waals surface area contributed by atoms with Crippen molar-refractivity contribution in [3.05, 3.63) is 40.4 Å². The maximum Gasteiger partial charge on any atom is 0.134 e. The SMILES string of the molecule is C=C(C)C[C@@H](N)c1cccc(Br)c1O.Cl. The van der Waals surface area contributed by atoms with E-state index in [1.165, 1.54) is 0 Å². The normalized spacial score (nSPS) is 11.7. The van der Waals surface area contributed by atoms with E-state index in [4.69, 9.17) is 5.73 Å². The van der Waals surface area contributed by atoms with Gasteiger partial charge in [0, 0.05) is 11.6 Å². The van der Waals surface area contributed by atoms with Gasteiger partial charge < -0.3 is 10.8 Å². The molecule has 0 heterocycles. The van der Waals surface area contributed by atoms with Crippen molar-refractivity contribution in [3.8, 4) is 5.75 Å². The Hall–Kier alpha value is -0.510. The molecule has 0 saturated carbocycles. The van der Waals surface area contributed by atoms with Gasteiger partial charge in [-0.25, -0.2) is 0 Å². The Labute approximate surface area is 105 Å². The second-order valence-electron chi connectivity index (χ2n) is 3.45. The number of benzene rings is 1. The maximum absolute atomic E-state index is 9.72. The Morgan fingerprint density at radius 2 is 2.20 bits per heavy atom. The van der Waals surface area contributed by atoms with Gasteiger partial charge in [0.05, 0.1) is 4.47 Å². The molecule has 0 aromatic heterocycles. The van der Waals surface area contributed by atoms with Crippen LogP contribution in [0.3, 0.4) is 0 Å². The van der Waals surface area contributed by atoms with Crippen LogP contribution in [0, 0.1) is 0 Å². The highest BCUT2D eigenvalue weighted by molar-refractivity contribution is 9.10. The molecule has 0 spiro atoms. The predicted molar refractivity (Wildman–Crippen MR) is 69.4 cm³/mol. The summed E-state index contributed by atoms with van der Waals surface area (Å²) in [6, 6.07) is 5.28. The minimum atomic E-state index is -0.190. The Kier molecular flexibility index (Phi) is 5.95. The van der Waals surface area contributed by atoms with Gasteiger partial charge in [-0.15, -0.1) is 19.0 Å². The number of para-hydroxylation sites is 1. The molecule has 4 heteroatoms. The van der Waals surface area contributed by atoms with Crippen LogP contribution >= 0.6 is 28.3 Å². The lowest BCUT2D eigenvalue weighted by Gasteiger charge is -2.14. The van der Waals surface area contributed by atoms with Crippen LogP contribution in [0.4, 0.5) is 0 Å². The number of phenols is 1. The largest absolute Gasteiger partial charge is 0.506 e. The third kappa shape index (κ3) is 3.86. The summed E-state index contributed by atoms with van der Waals surface area (Å²) in [5.74, 6) is 0.223. The molecule has 2 nitrogen and oxygen atoms in total. The Morgan fingerprint density at radius 1 is 1.60 bits per heavy atom. The van der Waals surface area contributed by atoms with Crippen molar-refractivity contribution in [1.29, 1.82) is 0 Å². The first-order valence-electron chi connectivity index (χ1n) is 4.39. The van der Waals surface area contributed by atoms with E-state index in [1.54, 1.807) is 6.07 Å². The smallest absolute Gasteiger partial charge is 0.134 e. The van der Waals surface area contributed by atoms with Crippen LogP contribution in [-0.4, -0.2) is 5.11 Å². The number of halogens is 2. The van der Waals surface area contributed by atoms with Crippen LogP contribution < -0.4 is 5.73 Å². The summed E-state index contributed by atoms with van der Waals surface area (Å²) in [6.07, 6.45) is 0.685. The number of rotatable bonds is 3. The average molecular weight is 293 g/mol. The maximum atomic E-state index is 9.72. The molecule has 0 bridgehead atoms. The van der Waals surface area contributed by atoms with E-state index < -0.39 is 0 Å². The summed E-state index contributed by atoms with van der Waals surface area (Å²) in [6.45, 7) is 5.72. The van der Waals surface area contributed by atoms with Gasteiger partial charge in [-0.05, 0) is 35.3 Å². The van der Waals surface area contributed by atoms with Crippen LogP contribution in [-0.2, 0) is 0 Å². The van der Waals surface area contributed by atoms with Crippen LogP contribution in [0.2, 0.25) is 0 Å². The molecule has 0 amide bonds. The van der Waals surface area contributed by atoms with Crippen molar-refractivity contribution in [1.82, 2.24) is 0 Å². The van der Waals surface area contributed by atoms with Crippen molar-refractivity contribution in [2.24, 2.45) is 5.73 Å². The van der Waals surface area contributed by atoms with Crippen LogP contribution in [0.5, 0.6) is 5.75 Å². The number of nitrogens with two attached hydrogens (primary N) is 1. The zero-order valence-electron chi connectivity index (χ0n) is 8.53. The van der Waals surface area contributed by atoms with Gasteiger partial charge in [-0.3, -0.25) is 0 Å². The fourth-order valence-corrected chi connectivity index (χ4v) is 1.70. The topological polar surface area (TPSA) is 46.2 Å². The molecule has 0 aliphatic carbocycles. The highest BCUT2D eigenvalue weighted by atomic mass is 79.9. The Balaban J connectivity index is 0.00000196. The van der Waals surface area contributed by atoms with Crippen molar-refractivity contribution in [3.63, 3.8) is 0 Å². The minimum Gasteiger partial charge on any atom is -0.506 e. The lowest BCUT2D eigenvalue weighted by molar-refractivity contribution is 0.457. The van der Waals surface area contributed by atoms with Gasteiger partial charge in [-0.2, -0.15) is 0 Å². The fourth-order valence-electron chi connectivity index (χ4n) is 1.32. The lowest BCUT2D eigenvalue weighted by Crippen LogP contribution is -2.10. The van der Waals surface area contributed by atoms with Gasteiger partial charge >= 0.3 is 0 Å². The van der Waals surface area contributed by atoms with Gasteiger partial charge in [0.1, 0.15) is 5.75 Å². The van der Waals surface area contributed by atoms with E-state index in [1.807, 2.05) is 19.1 Å². The number of aromatic hydroxyl groups is 1. The first-order valence-corrected chi connectivity index (χ1v) is 5.19.